The molecule has 174 valence electrons. The summed E-state index contributed by atoms with van der Waals surface area (Å²) in [5.41, 5.74) is 3.97. The van der Waals surface area contributed by atoms with Crippen LogP contribution in [0.25, 0.3) is 27.0 Å². The van der Waals surface area contributed by atoms with Gasteiger partial charge in [-0.05, 0) is 37.1 Å². The molecule has 2 heterocycles. The number of rotatable bonds is 7. The molecular formula is C28H28ClN3OS. The van der Waals surface area contributed by atoms with E-state index in [9.17, 15) is 0 Å². The van der Waals surface area contributed by atoms with Crippen molar-refractivity contribution in [2.24, 2.45) is 0 Å². The van der Waals surface area contributed by atoms with E-state index in [1.165, 1.54) is 24.0 Å². The molecule has 0 radical (unpaired) electrons. The fraction of sp³-hybridized carbons (Fsp3) is 0.286. The smallest absolute Gasteiger partial charge is 0.123 e. The summed E-state index contributed by atoms with van der Waals surface area (Å²) in [6.45, 7) is 5.28. The Morgan fingerprint density at radius 1 is 1.15 bits per heavy atom. The summed E-state index contributed by atoms with van der Waals surface area (Å²) in [5.74, 6) is 0.865. The van der Waals surface area contributed by atoms with Gasteiger partial charge in [0.15, 0.2) is 0 Å². The molecule has 0 amide bonds. The SMILES string of the molecule is C=C(c1sc2ccccc2c1Cl)N(Cc1cc(-c2cnccn2)ccc1OC)C1CCCCC1. The Kier molecular flexibility index (Phi) is 6.84. The molecule has 1 aliphatic carbocycles. The summed E-state index contributed by atoms with van der Waals surface area (Å²) in [6.07, 6.45) is 11.3. The van der Waals surface area contributed by atoms with Crippen molar-refractivity contribution in [1.82, 2.24) is 14.9 Å². The third-order valence-corrected chi connectivity index (χ3v) is 8.36. The van der Waals surface area contributed by atoms with Crippen LogP contribution in [-0.4, -0.2) is 28.0 Å². The van der Waals surface area contributed by atoms with Crippen molar-refractivity contribution in [1.29, 1.82) is 0 Å². The van der Waals surface area contributed by atoms with Crippen molar-refractivity contribution < 1.29 is 4.74 Å². The van der Waals surface area contributed by atoms with Crippen LogP contribution in [0.1, 0.15) is 42.5 Å². The highest BCUT2D eigenvalue weighted by Crippen LogP contribution is 2.42. The molecule has 0 aliphatic heterocycles. The van der Waals surface area contributed by atoms with Crippen molar-refractivity contribution in [2.75, 3.05) is 7.11 Å². The number of hydrogen-bond acceptors (Lipinski definition) is 5. The molecule has 6 heteroatoms. The minimum atomic E-state index is 0.424. The molecule has 0 N–H and O–H groups in total. The number of halogens is 1. The van der Waals surface area contributed by atoms with Crippen molar-refractivity contribution in [2.45, 2.75) is 44.7 Å². The molecule has 1 aliphatic rings. The molecule has 5 rings (SSSR count). The predicted molar refractivity (Wildman–Crippen MR) is 142 cm³/mol. The Bertz CT molecular complexity index is 1300. The van der Waals surface area contributed by atoms with Gasteiger partial charge in [-0.25, -0.2) is 0 Å². The van der Waals surface area contributed by atoms with Gasteiger partial charge in [0, 0.05) is 51.9 Å². The quantitative estimate of drug-likeness (QED) is 0.265. The van der Waals surface area contributed by atoms with Crippen LogP contribution < -0.4 is 4.74 Å². The number of ether oxygens (including phenoxy) is 1. The van der Waals surface area contributed by atoms with Crippen LogP contribution in [0.15, 0.2) is 67.6 Å². The van der Waals surface area contributed by atoms with Crippen LogP contribution in [0, 0.1) is 0 Å². The molecule has 34 heavy (non-hydrogen) atoms. The molecule has 0 atom stereocenters. The summed E-state index contributed by atoms with van der Waals surface area (Å²) in [4.78, 5) is 12.2. The van der Waals surface area contributed by atoms with Crippen molar-refractivity contribution >= 4 is 38.7 Å². The minimum absolute atomic E-state index is 0.424. The lowest BCUT2D eigenvalue weighted by molar-refractivity contribution is 0.223. The van der Waals surface area contributed by atoms with E-state index in [1.807, 2.05) is 18.2 Å². The van der Waals surface area contributed by atoms with Crippen LogP contribution in [0.3, 0.4) is 0 Å². The molecular weight excluding hydrogens is 462 g/mol. The number of thiophene rings is 1. The zero-order valence-corrected chi connectivity index (χ0v) is 20.9. The van der Waals surface area contributed by atoms with Crippen LogP contribution in [0.5, 0.6) is 5.75 Å². The zero-order chi connectivity index (χ0) is 23.5. The lowest BCUT2D eigenvalue weighted by atomic mass is 9.93. The van der Waals surface area contributed by atoms with Gasteiger partial charge >= 0.3 is 0 Å². The first-order chi connectivity index (χ1) is 16.7. The molecule has 0 saturated heterocycles. The van der Waals surface area contributed by atoms with Gasteiger partial charge in [0.25, 0.3) is 0 Å². The number of benzene rings is 2. The van der Waals surface area contributed by atoms with Crippen molar-refractivity contribution in [3.8, 4) is 17.0 Å². The Labute approximate surface area is 209 Å². The Morgan fingerprint density at radius 2 is 1.97 bits per heavy atom. The molecule has 1 saturated carbocycles. The first-order valence-corrected chi connectivity index (χ1v) is 12.9. The van der Waals surface area contributed by atoms with Crippen LogP contribution in [-0.2, 0) is 6.54 Å². The van der Waals surface area contributed by atoms with E-state index >= 15 is 0 Å². The molecule has 0 bridgehead atoms. The maximum Gasteiger partial charge on any atom is 0.123 e. The number of methoxy groups -OCH3 is 1. The lowest BCUT2D eigenvalue weighted by Gasteiger charge is -2.37. The maximum atomic E-state index is 6.88. The molecule has 0 spiro atoms. The van der Waals surface area contributed by atoms with Crippen LogP contribution in [0.4, 0.5) is 0 Å². The Hall–Kier alpha value is -2.89. The average Bonchev–Trinajstić information content (AvgIpc) is 3.24. The fourth-order valence-corrected chi connectivity index (χ4v) is 6.39. The predicted octanol–water partition coefficient (Wildman–Crippen LogP) is 7.83. The van der Waals surface area contributed by atoms with Crippen molar-refractivity contribution in [3.63, 3.8) is 0 Å². The average molecular weight is 490 g/mol. The number of aromatic nitrogens is 2. The van der Waals surface area contributed by atoms with E-state index in [2.05, 4.69) is 45.7 Å². The molecule has 0 unspecified atom stereocenters. The highest BCUT2D eigenvalue weighted by atomic mass is 35.5. The van der Waals surface area contributed by atoms with Gasteiger partial charge < -0.3 is 9.64 Å². The minimum Gasteiger partial charge on any atom is -0.496 e. The van der Waals surface area contributed by atoms with Crippen LogP contribution in [0.2, 0.25) is 5.02 Å². The topological polar surface area (TPSA) is 38.2 Å². The Balaban J connectivity index is 1.54. The molecule has 1 fully saturated rings. The van der Waals surface area contributed by atoms with Gasteiger partial charge in [-0.2, -0.15) is 0 Å². The third kappa shape index (κ3) is 4.55. The van der Waals surface area contributed by atoms with Crippen LogP contribution >= 0.6 is 22.9 Å². The number of fused-ring (bicyclic) bond motifs is 1. The van der Waals surface area contributed by atoms with E-state index in [0.717, 1.165) is 56.4 Å². The highest BCUT2D eigenvalue weighted by Gasteiger charge is 2.27. The molecule has 4 aromatic rings. The lowest BCUT2D eigenvalue weighted by Crippen LogP contribution is -2.34. The van der Waals surface area contributed by atoms with Crippen molar-refractivity contribution in [3.05, 3.63) is 83.1 Å². The fourth-order valence-electron chi connectivity index (χ4n) is 4.86. The summed E-state index contributed by atoms with van der Waals surface area (Å²) in [7, 11) is 1.73. The number of nitrogens with zero attached hydrogens (tertiary/aromatic N) is 3. The van der Waals surface area contributed by atoms with E-state index in [4.69, 9.17) is 16.3 Å². The zero-order valence-electron chi connectivity index (χ0n) is 19.3. The molecule has 4 nitrogen and oxygen atoms in total. The third-order valence-electron chi connectivity index (χ3n) is 6.64. The summed E-state index contributed by atoms with van der Waals surface area (Å²) in [6, 6.07) is 15.0. The summed E-state index contributed by atoms with van der Waals surface area (Å²) >= 11 is 8.61. The monoisotopic (exact) mass is 489 g/mol. The van der Waals surface area contributed by atoms with E-state index in [1.54, 1.807) is 37.0 Å². The van der Waals surface area contributed by atoms with E-state index in [0.29, 0.717) is 12.6 Å². The van der Waals surface area contributed by atoms with Gasteiger partial charge in [0.1, 0.15) is 5.75 Å². The first kappa shape index (κ1) is 22.9. The second kappa shape index (κ2) is 10.2. The summed E-state index contributed by atoms with van der Waals surface area (Å²) in [5, 5.41) is 1.89. The second-order valence-electron chi connectivity index (χ2n) is 8.73. The standard InChI is InChI=1S/C28H28ClN3OS/c1-19(28-27(29)23-10-6-7-11-26(23)34-28)32(22-8-4-3-5-9-22)18-21-16-20(12-13-25(21)33-2)24-17-30-14-15-31-24/h6-7,10-17,22H,1,3-5,8-9,18H2,2H3. The molecule has 2 aromatic carbocycles. The number of hydrogen-bond donors (Lipinski definition) is 0. The maximum absolute atomic E-state index is 6.88. The molecule has 2 aromatic heterocycles. The van der Waals surface area contributed by atoms with E-state index in [-0.39, 0.29) is 0 Å². The van der Waals surface area contributed by atoms with Gasteiger partial charge in [-0.3, -0.25) is 9.97 Å². The van der Waals surface area contributed by atoms with E-state index < -0.39 is 0 Å². The van der Waals surface area contributed by atoms with Gasteiger partial charge in [0.05, 0.1) is 28.9 Å². The van der Waals surface area contributed by atoms with Gasteiger partial charge in [0.2, 0.25) is 0 Å². The Morgan fingerprint density at radius 3 is 2.71 bits per heavy atom. The summed E-state index contributed by atoms with van der Waals surface area (Å²) < 4.78 is 6.96. The van der Waals surface area contributed by atoms with Gasteiger partial charge in [-0.1, -0.05) is 55.6 Å². The first-order valence-electron chi connectivity index (χ1n) is 11.7. The normalized spacial score (nSPS) is 14.3. The largest absolute Gasteiger partial charge is 0.496 e. The highest BCUT2D eigenvalue weighted by molar-refractivity contribution is 7.20. The second-order valence-corrected chi connectivity index (χ2v) is 10.2. The van der Waals surface area contributed by atoms with Gasteiger partial charge in [-0.15, -0.1) is 11.3 Å².